The number of aromatic nitrogens is 1. The number of carbonyl (C=O) groups excluding carboxylic acids is 2. The Morgan fingerprint density at radius 2 is 1.57 bits per heavy atom. The van der Waals surface area contributed by atoms with Crippen molar-refractivity contribution in [2.75, 3.05) is 10.0 Å². The van der Waals surface area contributed by atoms with E-state index in [0.29, 0.717) is 17.8 Å². The number of nitrogens with one attached hydrogen (secondary N) is 3. The van der Waals surface area contributed by atoms with Gasteiger partial charge in [0, 0.05) is 30.2 Å². The van der Waals surface area contributed by atoms with Crippen LogP contribution in [0.3, 0.4) is 0 Å². The summed E-state index contributed by atoms with van der Waals surface area (Å²) in [5, 5.41) is 5.55. The highest BCUT2D eigenvalue weighted by Gasteiger charge is 2.17. The minimum absolute atomic E-state index is 0.112. The van der Waals surface area contributed by atoms with Crippen molar-refractivity contribution in [2.24, 2.45) is 0 Å². The Kier molecular flexibility index (Phi) is 7.18. The molecule has 35 heavy (non-hydrogen) atoms. The molecule has 0 aliphatic heterocycles. The van der Waals surface area contributed by atoms with E-state index in [2.05, 4.69) is 20.3 Å². The lowest BCUT2D eigenvalue weighted by Gasteiger charge is -2.13. The zero-order valence-corrected chi connectivity index (χ0v) is 19.3. The first-order chi connectivity index (χ1) is 16.9. The maximum absolute atomic E-state index is 12.9. The van der Waals surface area contributed by atoms with Crippen LogP contribution in [0.1, 0.15) is 26.3 Å². The molecule has 0 fully saturated rings. The Balaban J connectivity index is 1.47. The van der Waals surface area contributed by atoms with Crippen molar-refractivity contribution in [3.63, 3.8) is 0 Å². The van der Waals surface area contributed by atoms with Gasteiger partial charge in [0.05, 0.1) is 16.1 Å². The van der Waals surface area contributed by atoms with Crippen molar-refractivity contribution < 1.29 is 18.0 Å². The van der Waals surface area contributed by atoms with Gasteiger partial charge in [0.2, 0.25) is 0 Å². The van der Waals surface area contributed by atoms with Crippen molar-refractivity contribution in [2.45, 2.75) is 11.4 Å². The summed E-state index contributed by atoms with van der Waals surface area (Å²) in [7, 11) is -3.80. The van der Waals surface area contributed by atoms with Crippen LogP contribution < -0.4 is 15.4 Å². The second kappa shape index (κ2) is 10.6. The van der Waals surface area contributed by atoms with E-state index in [1.165, 1.54) is 18.2 Å². The predicted octanol–water partition coefficient (Wildman–Crippen LogP) is 4.06. The number of para-hydroxylation sites is 1. The van der Waals surface area contributed by atoms with Crippen LogP contribution >= 0.6 is 0 Å². The van der Waals surface area contributed by atoms with E-state index < -0.39 is 15.9 Å². The normalized spacial score (nSPS) is 10.9. The van der Waals surface area contributed by atoms with Crippen LogP contribution in [0.15, 0.2) is 108 Å². The first-order valence-corrected chi connectivity index (χ1v) is 12.2. The Hall–Kier alpha value is -4.50. The first-order valence-electron chi connectivity index (χ1n) is 10.7. The van der Waals surface area contributed by atoms with E-state index in [1.807, 2.05) is 6.07 Å². The van der Waals surface area contributed by atoms with Crippen molar-refractivity contribution >= 4 is 33.2 Å². The van der Waals surface area contributed by atoms with Crippen LogP contribution in [0.4, 0.5) is 11.4 Å². The van der Waals surface area contributed by atoms with E-state index in [4.69, 9.17) is 0 Å². The Labute approximate surface area is 203 Å². The number of hydrogen-bond donors (Lipinski definition) is 3. The molecule has 0 spiro atoms. The Morgan fingerprint density at radius 3 is 2.34 bits per heavy atom. The molecule has 0 atom stereocenters. The van der Waals surface area contributed by atoms with Crippen LogP contribution in [0.5, 0.6) is 0 Å². The molecular formula is C26H22N4O4S. The van der Waals surface area contributed by atoms with E-state index in [-0.39, 0.29) is 22.1 Å². The molecule has 2 amide bonds. The lowest BCUT2D eigenvalue weighted by molar-refractivity contribution is 0.0951. The Morgan fingerprint density at radius 1 is 0.800 bits per heavy atom. The number of nitrogens with zero attached hydrogens (tertiary/aromatic N) is 1. The molecule has 0 unspecified atom stereocenters. The van der Waals surface area contributed by atoms with Gasteiger partial charge in [-0.3, -0.25) is 19.3 Å². The first kappa shape index (κ1) is 23.7. The molecule has 9 heteroatoms. The number of hydrogen-bond acceptors (Lipinski definition) is 5. The molecule has 0 radical (unpaired) electrons. The maximum Gasteiger partial charge on any atom is 0.261 e. The highest BCUT2D eigenvalue weighted by Crippen LogP contribution is 2.20. The second-order valence-corrected chi connectivity index (χ2v) is 9.23. The number of rotatable bonds is 8. The van der Waals surface area contributed by atoms with Crippen LogP contribution in [-0.4, -0.2) is 25.2 Å². The van der Waals surface area contributed by atoms with Gasteiger partial charge in [0.15, 0.2) is 0 Å². The minimum atomic E-state index is -3.80. The number of sulfonamides is 1. The lowest BCUT2D eigenvalue weighted by atomic mass is 10.1. The largest absolute Gasteiger partial charge is 0.348 e. The third-order valence-electron chi connectivity index (χ3n) is 5.03. The van der Waals surface area contributed by atoms with Crippen LogP contribution in [0.2, 0.25) is 0 Å². The quantitative estimate of drug-likeness (QED) is 0.347. The smallest absolute Gasteiger partial charge is 0.261 e. The van der Waals surface area contributed by atoms with Gasteiger partial charge in [0.1, 0.15) is 0 Å². The monoisotopic (exact) mass is 486 g/mol. The summed E-state index contributed by atoms with van der Waals surface area (Å²) < 4.78 is 27.7. The molecule has 4 rings (SSSR count). The van der Waals surface area contributed by atoms with E-state index in [0.717, 1.165) is 5.56 Å². The number of amides is 2. The zero-order valence-electron chi connectivity index (χ0n) is 18.5. The van der Waals surface area contributed by atoms with Gasteiger partial charge < -0.3 is 10.6 Å². The molecule has 0 saturated carbocycles. The summed E-state index contributed by atoms with van der Waals surface area (Å²) in [6.45, 7) is 0.290. The molecule has 1 heterocycles. The minimum Gasteiger partial charge on any atom is -0.348 e. The summed E-state index contributed by atoms with van der Waals surface area (Å²) >= 11 is 0. The van der Waals surface area contributed by atoms with Crippen molar-refractivity contribution in [3.05, 3.63) is 120 Å². The fourth-order valence-electron chi connectivity index (χ4n) is 3.30. The molecule has 1 aromatic heterocycles. The number of anilines is 2. The van der Waals surface area contributed by atoms with Gasteiger partial charge in [-0.05, 0) is 54.1 Å². The third kappa shape index (κ3) is 6.10. The number of carbonyl (C=O) groups is 2. The molecular weight excluding hydrogens is 464 g/mol. The molecule has 0 bridgehead atoms. The molecule has 4 aromatic rings. The molecule has 8 nitrogen and oxygen atoms in total. The van der Waals surface area contributed by atoms with Gasteiger partial charge in [-0.1, -0.05) is 42.5 Å². The molecule has 3 N–H and O–H groups in total. The SMILES string of the molecule is O=C(Nc1ccccc1C(=O)NCc1cccnc1)c1cccc(NS(=O)(=O)c2ccccc2)c1. The average molecular weight is 487 g/mol. The zero-order chi connectivity index (χ0) is 24.7. The van der Waals surface area contributed by atoms with Gasteiger partial charge in [-0.2, -0.15) is 0 Å². The van der Waals surface area contributed by atoms with E-state index >= 15 is 0 Å². The summed E-state index contributed by atoms with van der Waals surface area (Å²) in [5.74, 6) is -0.840. The highest BCUT2D eigenvalue weighted by atomic mass is 32.2. The van der Waals surface area contributed by atoms with Gasteiger partial charge >= 0.3 is 0 Å². The summed E-state index contributed by atoms with van der Waals surface area (Å²) in [5.41, 5.74) is 1.94. The summed E-state index contributed by atoms with van der Waals surface area (Å²) in [6.07, 6.45) is 3.31. The third-order valence-corrected chi connectivity index (χ3v) is 6.42. The second-order valence-electron chi connectivity index (χ2n) is 7.54. The van der Waals surface area contributed by atoms with Gasteiger partial charge in [0.25, 0.3) is 21.8 Å². The standard InChI is InChI=1S/C26H22N4O4S/c31-25(20-9-6-10-21(16-20)30-35(33,34)22-11-2-1-3-12-22)29-24-14-5-4-13-23(24)26(32)28-18-19-8-7-15-27-17-19/h1-17,30H,18H2,(H,28,32)(H,29,31). The van der Waals surface area contributed by atoms with Crippen molar-refractivity contribution in [3.8, 4) is 0 Å². The van der Waals surface area contributed by atoms with E-state index in [9.17, 15) is 18.0 Å². The van der Waals surface area contributed by atoms with Crippen molar-refractivity contribution in [1.29, 1.82) is 0 Å². The molecule has 0 aliphatic carbocycles. The van der Waals surface area contributed by atoms with Crippen LogP contribution in [0, 0.1) is 0 Å². The topological polar surface area (TPSA) is 117 Å². The average Bonchev–Trinajstić information content (AvgIpc) is 2.88. The predicted molar refractivity (Wildman–Crippen MR) is 133 cm³/mol. The van der Waals surface area contributed by atoms with Crippen molar-refractivity contribution in [1.82, 2.24) is 10.3 Å². The van der Waals surface area contributed by atoms with Gasteiger partial charge in [-0.25, -0.2) is 8.42 Å². The molecule has 0 aliphatic rings. The Bertz CT molecular complexity index is 1440. The lowest BCUT2D eigenvalue weighted by Crippen LogP contribution is -2.25. The van der Waals surface area contributed by atoms with Gasteiger partial charge in [-0.15, -0.1) is 0 Å². The fourth-order valence-corrected chi connectivity index (χ4v) is 4.37. The van der Waals surface area contributed by atoms with E-state index in [1.54, 1.807) is 79.1 Å². The van der Waals surface area contributed by atoms with Crippen LogP contribution in [0.25, 0.3) is 0 Å². The molecule has 176 valence electrons. The number of pyridine rings is 1. The number of benzene rings is 3. The summed E-state index contributed by atoms with van der Waals surface area (Å²) in [4.78, 5) is 29.8. The van der Waals surface area contributed by atoms with Crippen LogP contribution in [-0.2, 0) is 16.6 Å². The fraction of sp³-hybridized carbons (Fsp3) is 0.0385. The molecule has 3 aromatic carbocycles. The highest BCUT2D eigenvalue weighted by molar-refractivity contribution is 7.92. The molecule has 0 saturated heterocycles. The maximum atomic E-state index is 12.9. The summed E-state index contributed by atoms with van der Waals surface area (Å²) in [6, 6.07) is 24.3.